The molecule has 0 rings (SSSR count). The lowest BCUT2D eigenvalue weighted by Gasteiger charge is -2.15. The molecule has 0 aliphatic heterocycles. The molecule has 0 radical (unpaired) electrons. The van der Waals surface area contributed by atoms with E-state index in [0.29, 0.717) is 0 Å². The van der Waals surface area contributed by atoms with E-state index < -0.39 is 43.0 Å². The molecule has 0 aromatic carbocycles. The maximum Gasteiger partial charge on any atom is 0.405 e. The van der Waals surface area contributed by atoms with Gasteiger partial charge in [-0.25, -0.2) is 0 Å². The van der Waals surface area contributed by atoms with E-state index in [9.17, 15) is 22.8 Å². The van der Waals surface area contributed by atoms with Crippen molar-refractivity contribution in [2.24, 2.45) is 11.7 Å². The number of nitrogens with one attached hydrogen (secondary N) is 2. The van der Waals surface area contributed by atoms with Crippen LogP contribution in [0.15, 0.2) is 0 Å². The maximum absolute atomic E-state index is 11.7. The summed E-state index contributed by atoms with van der Waals surface area (Å²) in [6.45, 7) is 1.28. The first-order valence-electron chi connectivity index (χ1n) is 5.00. The Kier molecular flexibility index (Phi) is 5.94. The normalized spacial score (nSPS) is 14.9. The number of rotatable bonds is 5. The second-order valence-corrected chi connectivity index (χ2v) is 3.76. The van der Waals surface area contributed by atoms with Crippen LogP contribution in [0.2, 0.25) is 0 Å². The molecule has 4 N–H and O–H groups in total. The largest absolute Gasteiger partial charge is 0.405 e. The minimum atomic E-state index is -4.46. The predicted octanol–water partition coefficient (Wildman–Crippen LogP) is -0.236. The summed E-state index contributed by atoms with van der Waals surface area (Å²) in [7, 11) is 0. The highest BCUT2D eigenvalue weighted by Gasteiger charge is 2.27. The van der Waals surface area contributed by atoms with E-state index in [2.05, 4.69) is 5.32 Å². The highest BCUT2D eigenvalue weighted by Crippen LogP contribution is 2.11. The zero-order chi connectivity index (χ0) is 13.6. The fourth-order valence-corrected chi connectivity index (χ4v) is 0.828. The van der Waals surface area contributed by atoms with Crippen LogP contribution in [0.5, 0.6) is 0 Å². The van der Waals surface area contributed by atoms with Crippen LogP contribution in [0.25, 0.3) is 0 Å². The summed E-state index contributed by atoms with van der Waals surface area (Å²) in [5, 5.41) is 3.84. The highest BCUT2D eigenvalue weighted by molar-refractivity contribution is 5.85. The van der Waals surface area contributed by atoms with Gasteiger partial charge in [0.1, 0.15) is 6.54 Å². The lowest BCUT2D eigenvalue weighted by atomic mass is 10.0. The van der Waals surface area contributed by atoms with Gasteiger partial charge in [0.15, 0.2) is 0 Å². The maximum atomic E-state index is 11.7. The zero-order valence-corrected chi connectivity index (χ0v) is 9.60. The third kappa shape index (κ3) is 7.56. The minimum absolute atomic E-state index is 0.395. The van der Waals surface area contributed by atoms with Gasteiger partial charge in [-0.2, -0.15) is 13.2 Å². The van der Waals surface area contributed by atoms with Crippen LogP contribution in [0.4, 0.5) is 13.2 Å². The predicted molar refractivity (Wildman–Crippen MR) is 54.9 cm³/mol. The molecule has 0 aliphatic carbocycles. The van der Waals surface area contributed by atoms with Gasteiger partial charge in [0, 0.05) is 12.0 Å². The molecule has 2 amide bonds. The van der Waals surface area contributed by atoms with Crippen molar-refractivity contribution in [2.75, 3.05) is 13.1 Å². The van der Waals surface area contributed by atoms with Crippen molar-refractivity contribution in [3.05, 3.63) is 0 Å². The van der Waals surface area contributed by atoms with Crippen LogP contribution in [-0.4, -0.2) is 37.1 Å². The molecule has 0 aliphatic rings. The quantitative estimate of drug-likeness (QED) is 0.634. The second kappa shape index (κ2) is 6.43. The fraction of sp³-hybridized carbons (Fsp3) is 0.778. The Morgan fingerprint density at radius 3 is 2.18 bits per heavy atom. The Labute approximate surface area is 96.9 Å². The number of carbonyl (C=O) groups is 2. The molecule has 2 unspecified atom stereocenters. The van der Waals surface area contributed by atoms with Gasteiger partial charge in [0.05, 0.1) is 6.54 Å². The Balaban J connectivity index is 3.89. The van der Waals surface area contributed by atoms with Crippen LogP contribution < -0.4 is 16.4 Å². The Bertz CT molecular complexity index is 279. The van der Waals surface area contributed by atoms with Gasteiger partial charge < -0.3 is 16.4 Å². The highest BCUT2D eigenvalue weighted by atomic mass is 19.4. The SMILES string of the molecule is CC(N)C(C)C(=O)NCC(=O)NCC(F)(F)F. The number of nitrogens with two attached hydrogens (primary N) is 1. The van der Waals surface area contributed by atoms with Crippen molar-refractivity contribution in [1.29, 1.82) is 0 Å². The van der Waals surface area contributed by atoms with Crippen molar-refractivity contribution < 1.29 is 22.8 Å². The topological polar surface area (TPSA) is 84.2 Å². The van der Waals surface area contributed by atoms with Crippen molar-refractivity contribution in [1.82, 2.24) is 10.6 Å². The summed E-state index contributed by atoms with van der Waals surface area (Å²) in [6.07, 6.45) is -4.46. The van der Waals surface area contributed by atoms with Gasteiger partial charge in [-0.1, -0.05) is 6.92 Å². The fourth-order valence-electron chi connectivity index (χ4n) is 0.828. The minimum Gasteiger partial charge on any atom is -0.347 e. The van der Waals surface area contributed by atoms with E-state index in [1.807, 2.05) is 0 Å². The van der Waals surface area contributed by atoms with Gasteiger partial charge in [-0.05, 0) is 6.92 Å². The second-order valence-electron chi connectivity index (χ2n) is 3.76. The smallest absolute Gasteiger partial charge is 0.347 e. The molecule has 0 saturated carbocycles. The summed E-state index contributed by atoms with van der Waals surface area (Å²) in [5.41, 5.74) is 5.45. The molecule has 0 saturated heterocycles. The zero-order valence-electron chi connectivity index (χ0n) is 9.60. The van der Waals surface area contributed by atoms with E-state index >= 15 is 0 Å². The van der Waals surface area contributed by atoms with Gasteiger partial charge in [0.2, 0.25) is 11.8 Å². The van der Waals surface area contributed by atoms with Crippen molar-refractivity contribution in [3.8, 4) is 0 Å². The Hall–Kier alpha value is -1.31. The molecule has 100 valence electrons. The van der Waals surface area contributed by atoms with E-state index in [1.165, 1.54) is 0 Å². The lowest BCUT2D eigenvalue weighted by molar-refractivity contribution is -0.138. The molecule has 5 nitrogen and oxygen atoms in total. The first-order chi connectivity index (χ1) is 7.63. The summed E-state index contributed by atoms with van der Waals surface area (Å²) in [5.74, 6) is -1.87. The van der Waals surface area contributed by atoms with E-state index in [0.717, 1.165) is 0 Å². The lowest BCUT2D eigenvalue weighted by Crippen LogP contribution is -2.44. The molecule has 0 bridgehead atoms. The molecule has 0 aromatic heterocycles. The van der Waals surface area contributed by atoms with E-state index in [1.54, 1.807) is 19.2 Å². The molecule has 2 atom stereocenters. The monoisotopic (exact) mass is 255 g/mol. The van der Waals surface area contributed by atoms with Crippen molar-refractivity contribution >= 4 is 11.8 Å². The molecule has 0 fully saturated rings. The summed E-state index contributed by atoms with van der Waals surface area (Å²) in [4.78, 5) is 22.2. The number of halogens is 3. The van der Waals surface area contributed by atoms with Crippen molar-refractivity contribution in [2.45, 2.75) is 26.1 Å². The first kappa shape index (κ1) is 15.7. The molecule has 0 heterocycles. The third-order valence-electron chi connectivity index (χ3n) is 2.11. The van der Waals surface area contributed by atoms with Crippen molar-refractivity contribution in [3.63, 3.8) is 0 Å². The number of alkyl halides is 3. The summed E-state index contributed by atoms with van der Waals surface area (Å²) < 4.78 is 35.2. The first-order valence-corrected chi connectivity index (χ1v) is 5.00. The van der Waals surface area contributed by atoms with E-state index in [4.69, 9.17) is 5.73 Å². The Morgan fingerprint density at radius 1 is 1.24 bits per heavy atom. The summed E-state index contributed by atoms with van der Waals surface area (Å²) in [6, 6.07) is -0.395. The Morgan fingerprint density at radius 2 is 1.76 bits per heavy atom. The van der Waals surface area contributed by atoms with Crippen LogP contribution >= 0.6 is 0 Å². The molecule has 0 spiro atoms. The average molecular weight is 255 g/mol. The van der Waals surface area contributed by atoms with Crippen LogP contribution in [0.1, 0.15) is 13.8 Å². The van der Waals surface area contributed by atoms with Gasteiger partial charge in [-0.15, -0.1) is 0 Å². The standard InChI is InChI=1S/C9H16F3N3O2/c1-5(6(2)13)8(17)14-3-7(16)15-4-9(10,11)12/h5-6H,3-4,13H2,1-2H3,(H,14,17)(H,15,16). The number of amides is 2. The molecular formula is C9H16F3N3O2. The molecule has 17 heavy (non-hydrogen) atoms. The van der Waals surface area contributed by atoms with Gasteiger partial charge in [-0.3, -0.25) is 9.59 Å². The molecule has 8 heteroatoms. The molecule has 0 aromatic rings. The number of hydrogen-bond acceptors (Lipinski definition) is 3. The number of carbonyl (C=O) groups excluding carboxylic acids is 2. The van der Waals surface area contributed by atoms with Crippen LogP contribution in [-0.2, 0) is 9.59 Å². The van der Waals surface area contributed by atoms with E-state index in [-0.39, 0.29) is 0 Å². The number of hydrogen-bond donors (Lipinski definition) is 3. The molecular weight excluding hydrogens is 239 g/mol. The summed E-state index contributed by atoms with van der Waals surface area (Å²) >= 11 is 0. The third-order valence-corrected chi connectivity index (χ3v) is 2.11. The van der Waals surface area contributed by atoms with Gasteiger partial charge in [0.25, 0.3) is 0 Å². The van der Waals surface area contributed by atoms with Gasteiger partial charge >= 0.3 is 6.18 Å². The average Bonchev–Trinajstić information content (AvgIpc) is 2.20. The van der Waals surface area contributed by atoms with Crippen LogP contribution in [0, 0.1) is 5.92 Å². The van der Waals surface area contributed by atoms with Crippen LogP contribution in [0.3, 0.4) is 0 Å².